The van der Waals surface area contributed by atoms with Gasteiger partial charge in [0.15, 0.2) is 5.78 Å². The fourth-order valence-electron chi connectivity index (χ4n) is 1.72. The number of hydrogen-bond acceptors (Lipinski definition) is 3. The Morgan fingerprint density at radius 1 is 1.26 bits per heavy atom. The number of ether oxygens (including phenoxy) is 2. The van der Waals surface area contributed by atoms with Crippen molar-refractivity contribution in [2.24, 2.45) is 0 Å². The van der Waals surface area contributed by atoms with Gasteiger partial charge in [-0.05, 0) is 18.2 Å². The highest BCUT2D eigenvalue weighted by Gasteiger charge is 2.35. The Balaban J connectivity index is 2.27. The highest BCUT2D eigenvalue weighted by Crippen LogP contribution is 2.32. The van der Waals surface area contributed by atoms with Gasteiger partial charge in [0.2, 0.25) is 0 Å². The molecule has 2 rings (SSSR count). The van der Waals surface area contributed by atoms with Crippen molar-refractivity contribution in [3.8, 4) is 0 Å². The normalized spacial score (nSPS) is 20.3. The van der Waals surface area contributed by atoms with Crippen molar-refractivity contribution in [2.75, 3.05) is 19.8 Å². The van der Waals surface area contributed by atoms with Crippen molar-refractivity contribution in [1.29, 1.82) is 0 Å². The molecule has 1 aliphatic heterocycles. The quantitative estimate of drug-likeness (QED) is 0.615. The molecular formula is C12H10F4O3. The van der Waals surface area contributed by atoms with E-state index in [9.17, 15) is 22.4 Å². The van der Waals surface area contributed by atoms with Gasteiger partial charge >= 0.3 is 6.18 Å². The fourth-order valence-corrected chi connectivity index (χ4v) is 1.72. The topological polar surface area (TPSA) is 35.5 Å². The third kappa shape index (κ3) is 3.10. The number of rotatable bonds is 2. The molecule has 3 nitrogen and oxygen atoms in total. The van der Waals surface area contributed by atoms with Crippen molar-refractivity contribution < 1.29 is 31.8 Å². The minimum atomic E-state index is -4.84. The first-order valence-corrected chi connectivity index (χ1v) is 5.50. The first kappa shape index (κ1) is 14.0. The maximum Gasteiger partial charge on any atom is 0.419 e. The zero-order chi connectivity index (χ0) is 14.0. The molecule has 104 valence electrons. The largest absolute Gasteiger partial charge is 0.419 e. The van der Waals surface area contributed by atoms with Crippen LogP contribution < -0.4 is 0 Å². The van der Waals surface area contributed by atoms with Crippen LogP contribution in [0, 0.1) is 5.82 Å². The summed E-state index contributed by atoms with van der Waals surface area (Å²) in [6, 6.07) is 2.13. The summed E-state index contributed by atoms with van der Waals surface area (Å²) in [4.78, 5) is 11.9. The van der Waals surface area contributed by atoms with E-state index >= 15 is 0 Å². The molecule has 0 spiro atoms. The predicted octanol–water partition coefficient (Wildman–Crippen LogP) is 2.44. The molecule has 1 heterocycles. The van der Waals surface area contributed by atoms with Crippen LogP contribution in [0.4, 0.5) is 17.6 Å². The van der Waals surface area contributed by atoms with Gasteiger partial charge in [-0.1, -0.05) is 0 Å². The summed E-state index contributed by atoms with van der Waals surface area (Å²) in [7, 11) is 0. The summed E-state index contributed by atoms with van der Waals surface area (Å²) >= 11 is 0. The van der Waals surface area contributed by atoms with E-state index < -0.39 is 29.4 Å². The van der Waals surface area contributed by atoms with Gasteiger partial charge in [-0.25, -0.2) is 4.39 Å². The van der Waals surface area contributed by atoms with Gasteiger partial charge in [-0.15, -0.1) is 0 Å². The van der Waals surface area contributed by atoms with Gasteiger partial charge in [0, 0.05) is 5.56 Å². The standard InChI is InChI=1S/C12H10F4O3/c13-9-2-1-7(5-8(9)12(14,15)16)11(17)10-6-18-3-4-19-10/h1-2,5,10H,3-4,6H2. The molecule has 1 aromatic carbocycles. The van der Waals surface area contributed by atoms with Crippen LogP contribution in [0.5, 0.6) is 0 Å². The lowest BCUT2D eigenvalue weighted by Crippen LogP contribution is -2.35. The SMILES string of the molecule is O=C(c1ccc(F)c(C(F)(F)F)c1)C1COCCO1. The Morgan fingerprint density at radius 2 is 2.00 bits per heavy atom. The summed E-state index contributed by atoms with van der Waals surface area (Å²) in [6.07, 6.45) is -5.79. The second-order valence-electron chi connectivity index (χ2n) is 3.99. The average molecular weight is 278 g/mol. The summed E-state index contributed by atoms with van der Waals surface area (Å²) in [6.45, 7) is 0.516. The molecular weight excluding hydrogens is 268 g/mol. The Morgan fingerprint density at radius 3 is 2.58 bits per heavy atom. The molecule has 0 saturated carbocycles. The molecule has 0 bridgehead atoms. The summed E-state index contributed by atoms with van der Waals surface area (Å²) in [5, 5.41) is 0. The van der Waals surface area contributed by atoms with E-state index in [-0.39, 0.29) is 18.8 Å². The van der Waals surface area contributed by atoms with Crippen molar-refractivity contribution in [1.82, 2.24) is 0 Å². The second-order valence-corrected chi connectivity index (χ2v) is 3.99. The van der Waals surface area contributed by atoms with E-state index in [1.54, 1.807) is 0 Å². The Bertz CT molecular complexity index is 478. The molecule has 0 aromatic heterocycles. The molecule has 0 amide bonds. The summed E-state index contributed by atoms with van der Waals surface area (Å²) in [5.74, 6) is -2.06. The summed E-state index contributed by atoms with van der Waals surface area (Å²) in [5.41, 5.74) is -1.71. The Labute approximate surface area is 106 Å². The molecule has 0 radical (unpaired) electrons. The zero-order valence-electron chi connectivity index (χ0n) is 9.67. The van der Waals surface area contributed by atoms with Crippen LogP contribution in [0.2, 0.25) is 0 Å². The number of alkyl halides is 3. The fraction of sp³-hybridized carbons (Fsp3) is 0.417. The van der Waals surface area contributed by atoms with Gasteiger partial charge in [0.1, 0.15) is 11.9 Å². The molecule has 1 atom stereocenters. The number of carbonyl (C=O) groups excluding carboxylic acids is 1. The molecule has 19 heavy (non-hydrogen) atoms. The van der Waals surface area contributed by atoms with Crippen LogP contribution in [0.25, 0.3) is 0 Å². The van der Waals surface area contributed by atoms with E-state index in [2.05, 4.69) is 0 Å². The van der Waals surface area contributed by atoms with Crippen LogP contribution in [-0.4, -0.2) is 31.7 Å². The maximum atomic E-state index is 13.1. The number of halogens is 4. The minimum Gasteiger partial charge on any atom is -0.376 e. The maximum absolute atomic E-state index is 13.1. The third-order valence-electron chi connectivity index (χ3n) is 2.66. The first-order chi connectivity index (χ1) is 8.89. The smallest absolute Gasteiger partial charge is 0.376 e. The van der Waals surface area contributed by atoms with Crippen LogP contribution in [0.15, 0.2) is 18.2 Å². The molecule has 1 unspecified atom stereocenters. The molecule has 0 N–H and O–H groups in total. The number of carbonyl (C=O) groups is 1. The molecule has 1 saturated heterocycles. The molecule has 0 aliphatic carbocycles. The monoisotopic (exact) mass is 278 g/mol. The lowest BCUT2D eigenvalue weighted by Gasteiger charge is -2.22. The van der Waals surface area contributed by atoms with Crippen LogP contribution >= 0.6 is 0 Å². The zero-order valence-corrected chi connectivity index (χ0v) is 9.67. The van der Waals surface area contributed by atoms with Crippen LogP contribution in [0.1, 0.15) is 15.9 Å². The summed E-state index contributed by atoms with van der Waals surface area (Å²) < 4.78 is 60.8. The predicted molar refractivity (Wildman–Crippen MR) is 56.3 cm³/mol. The Hall–Kier alpha value is -1.47. The number of hydrogen-bond donors (Lipinski definition) is 0. The first-order valence-electron chi connectivity index (χ1n) is 5.50. The minimum absolute atomic E-state index is 0.0163. The lowest BCUT2D eigenvalue weighted by molar-refractivity contribution is -0.140. The van der Waals surface area contributed by atoms with Crippen molar-refractivity contribution >= 4 is 5.78 Å². The van der Waals surface area contributed by atoms with Crippen molar-refractivity contribution in [3.05, 3.63) is 35.1 Å². The molecule has 1 aliphatic rings. The van der Waals surface area contributed by atoms with E-state index in [0.29, 0.717) is 18.7 Å². The third-order valence-corrected chi connectivity index (χ3v) is 2.66. The van der Waals surface area contributed by atoms with Gasteiger partial charge < -0.3 is 9.47 Å². The average Bonchev–Trinajstić information content (AvgIpc) is 2.38. The number of Topliss-reactive ketones (excluding diaryl/α,β-unsaturated/α-hetero) is 1. The molecule has 1 aromatic rings. The van der Waals surface area contributed by atoms with E-state index in [0.717, 1.165) is 6.07 Å². The Kier molecular flexibility index (Phi) is 3.86. The second kappa shape index (κ2) is 5.26. The van der Waals surface area contributed by atoms with Gasteiger partial charge in [-0.2, -0.15) is 13.2 Å². The van der Waals surface area contributed by atoms with Crippen molar-refractivity contribution in [2.45, 2.75) is 12.3 Å². The highest BCUT2D eigenvalue weighted by molar-refractivity contribution is 5.99. The number of benzene rings is 1. The molecule has 7 heteroatoms. The highest BCUT2D eigenvalue weighted by atomic mass is 19.4. The van der Waals surface area contributed by atoms with Gasteiger partial charge in [0.05, 0.1) is 25.4 Å². The van der Waals surface area contributed by atoms with E-state index in [1.165, 1.54) is 0 Å². The lowest BCUT2D eigenvalue weighted by atomic mass is 10.0. The van der Waals surface area contributed by atoms with Crippen LogP contribution in [-0.2, 0) is 15.7 Å². The number of ketones is 1. The van der Waals surface area contributed by atoms with Crippen molar-refractivity contribution in [3.63, 3.8) is 0 Å². The van der Waals surface area contributed by atoms with Crippen LogP contribution in [0.3, 0.4) is 0 Å². The molecule has 1 fully saturated rings. The van der Waals surface area contributed by atoms with Gasteiger partial charge in [-0.3, -0.25) is 4.79 Å². The van der Waals surface area contributed by atoms with E-state index in [1.807, 2.05) is 0 Å². The van der Waals surface area contributed by atoms with Gasteiger partial charge in [0.25, 0.3) is 0 Å². The van der Waals surface area contributed by atoms with E-state index in [4.69, 9.17) is 9.47 Å².